The third-order valence-corrected chi connectivity index (χ3v) is 2.86. The van der Waals surface area contributed by atoms with Gasteiger partial charge < -0.3 is 15.0 Å². The van der Waals surface area contributed by atoms with Crippen molar-refractivity contribution in [2.75, 3.05) is 11.9 Å². The molecule has 0 aliphatic rings. The van der Waals surface area contributed by atoms with Crippen LogP contribution in [0.25, 0.3) is 0 Å². The number of benzene rings is 1. The molecule has 0 aliphatic heterocycles. The second-order valence-electron chi connectivity index (χ2n) is 4.73. The van der Waals surface area contributed by atoms with Crippen LogP contribution in [0.5, 0.6) is 5.75 Å². The Balaban J connectivity index is 2.22. The van der Waals surface area contributed by atoms with Crippen LogP contribution in [-0.4, -0.2) is 17.5 Å². The van der Waals surface area contributed by atoms with Crippen molar-refractivity contribution in [2.24, 2.45) is 0 Å². The zero-order chi connectivity index (χ0) is 15.2. The van der Waals surface area contributed by atoms with Crippen molar-refractivity contribution < 1.29 is 9.53 Å². The molecule has 110 valence electrons. The van der Waals surface area contributed by atoms with E-state index in [1.165, 1.54) is 12.1 Å². The molecule has 1 heterocycles. The van der Waals surface area contributed by atoms with Gasteiger partial charge in [0.25, 0.3) is 5.91 Å². The summed E-state index contributed by atoms with van der Waals surface area (Å²) in [5, 5.41) is 2.76. The van der Waals surface area contributed by atoms with Crippen LogP contribution in [0.2, 0.25) is 0 Å². The predicted molar refractivity (Wildman–Crippen MR) is 82.0 cm³/mol. The smallest absolute Gasteiger partial charge is 0.272 e. The molecule has 0 saturated heterocycles. The lowest BCUT2D eigenvalue weighted by atomic mass is 10.2. The van der Waals surface area contributed by atoms with E-state index in [1.54, 1.807) is 12.1 Å². The quantitative estimate of drug-likeness (QED) is 0.887. The van der Waals surface area contributed by atoms with Crippen LogP contribution in [-0.2, 0) is 0 Å². The van der Waals surface area contributed by atoms with Gasteiger partial charge in [0, 0.05) is 6.07 Å². The number of aromatic amines is 1. The van der Waals surface area contributed by atoms with Crippen molar-refractivity contribution in [1.29, 1.82) is 0 Å². The summed E-state index contributed by atoms with van der Waals surface area (Å²) in [6, 6.07) is 10.0. The van der Waals surface area contributed by atoms with E-state index in [9.17, 15) is 9.59 Å². The number of carbonyl (C=O) groups excluding carboxylic acids is 1. The number of anilines is 1. The van der Waals surface area contributed by atoms with E-state index in [0.29, 0.717) is 18.0 Å². The molecule has 0 radical (unpaired) electrons. The lowest BCUT2D eigenvalue weighted by molar-refractivity contribution is 0.102. The van der Waals surface area contributed by atoms with E-state index in [1.807, 2.05) is 26.0 Å². The normalized spacial score (nSPS) is 10.2. The number of hydrogen-bond acceptors (Lipinski definition) is 3. The summed E-state index contributed by atoms with van der Waals surface area (Å²) in [5.74, 6) is 0.251. The van der Waals surface area contributed by atoms with Gasteiger partial charge in [-0.05, 0) is 37.1 Å². The zero-order valence-electron chi connectivity index (χ0n) is 12.1. The van der Waals surface area contributed by atoms with E-state index >= 15 is 0 Å². The van der Waals surface area contributed by atoms with E-state index in [-0.39, 0.29) is 17.2 Å². The van der Waals surface area contributed by atoms with Gasteiger partial charge in [-0.2, -0.15) is 0 Å². The molecule has 2 rings (SSSR count). The van der Waals surface area contributed by atoms with Crippen LogP contribution in [0, 0.1) is 6.92 Å². The standard InChI is InChI=1S/C16H18N2O3/c1-3-9-21-14-10-11(2)7-8-12(14)18-16(20)13-5-4-6-15(19)17-13/h4-8,10H,3,9H2,1-2H3,(H,17,19)(H,18,20). The van der Waals surface area contributed by atoms with E-state index in [4.69, 9.17) is 4.74 Å². The molecule has 0 fully saturated rings. The number of nitrogens with one attached hydrogen (secondary N) is 2. The number of rotatable bonds is 5. The van der Waals surface area contributed by atoms with Crippen LogP contribution < -0.4 is 15.6 Å². The monoisotopic (exact) mass is 286 g/mol. The second kappa shape index (κ2) is 6.74. The minimum absolute atomic E-state index is 0.213. The van der Waals surface area contributed by atoms with Gasteiger partial charge in [-0.3, -0.25) is 9.59 Å². The molecule has 0 unspecified atom stereocenters. The van der Waals surface area contributed by atoms with Crippen molar-refractivity contribution in [2.45, 2.75) is 20.3 Å². The van der Waals surface area contributed by atoms with E-state index in [0.717, 1.165) is 12.0 Å². The Morgan fingerprint density at radius 2 is 2.10 bits per heavy atom. The first-order chi connectivity index (χ1) is 10.1. The number of aryl methyl sites for hydroxylation is 1. The Bertz CT molecular complexity index is 692. The van der Waals surface area contributed by atoms with Crippen molar-refractivity contribution in [3.63, 3.8) is 0 Å². The lowest BCUT2D eigenvalue weighted by Gasteiger charge is -2.12. The highest BCUT2D eigenvalue weighted by atomic mass is 16.5. The zero-order valence-corrected chi connectivity index (χ0v) is 12.1. The summed E-state index contributed by atoms with van der Waals surface area (Å²) in [6.45, 7) is 4.55. The van der Waals surface area contributed by atoms with Crippen LogP contribution in [0.3, 0.4) is 0 Å². The molecule has 0 atom stereocenters. The van der Waals surface area contributed by atoms with Crippen LogP contribution >= 0.6 is 0 Å². The summed E-state index contributed by atoms with van der Waals surface area (Å²) in [4.78, 5) is 25.9. The van der Waals surface area contributed by atoms with Gasteiger partial charge in [-0.15, -0.1) is 0 Å². The molecule has 5 nitrogen and oxygen atoms in total. The molecular formula is C16H18N2O3. The largest absolute Gasteiger partial charge is 0.491 e. The van der Waals surface area contributed by atoms with Crippen LogP contribution in [0.15, 0.2) is 41.2 Å². The maximum Gasteiger partial charge on any atom is 0.272 e. The molecule has 0 bridgehead atoms. The lowest BCUT2D eigenvalue weighted by Crippen LogP contribution is -2.18. The van der Waals surface area contributed by atoms with Crippen LogP contribution in [0.4, 0.5) is 5.69 Å². The minimum Gasteiger partial charge on any atom is -0.491 e. The fraction of sp³-hybridized carbons (Fsp3) is 0.250. The fourth-order valence-corrected chi connectivity index (χ4v) is 1.83. The van der Waals surface area contributed by atoms with Gasteiger partial charge in [0.15, 0.2) is 0 Å². The molecule has 2 N–H and O–H groups in total. The van der Waals surface area contributed by atoms with Gasteiger partial charge in [-0.25, -0.2) is 0 Å². The van der Waals surface area contributed by atoms with Gasteiger partial charge in [-0.1, -0.05) is 19.1 Å². The third kappa shape index (κ3) is 3.95. The molecule has 1 aromatic heterocycles. The molecule has 21 heavy (non-hydrogen) atoms. The number of H-pyrrole nitrogens is 1. The summed E-state index contributed by atoms with van der Waals surface area (Å²) >= 11 is 0. The molecule has 1 amide bonds. The Hall–Kier alpha value is -2.56. The Labute approximate surface area is 123 Å². The summed E-state index contributed by atoms with van der Waals surface area (Å²) in [7, 11) is 0. The Kier molecular flexibility index (Phi) is 4.77. The maximum atomic E-state index is 12.1. The summed E-state index contributed by atoms with van der Waals surface area (Å²) < 4.78 is 5.64. The molecule has 0 spiro atoms. The molecule has 1 aromatic carbocycles. The molecule has 0 saturated carbocycles. The fourth-order valence-electron chi connectivity index (χ4n) is 1.83. The first kappa shape index (κ1) is 14.8. The van der Waals surface area contributed by atoms with E-state index in [2.05, 4.69) is 10.3 Å². The Morgan fingerprint density at radius 1 is 1.29 bits per heavy atom. The van der Waals surface area contributed by atoms with Crippen molar-refractivity contribution in [3.05, 3.63) is 58.0 Å². The first-order valence-corrected chi connectivity index (χ1v) is 6.84. The number of aromatic nitrogens is 1. The van der Waals surface area contributed by atoms with E-state index < -0.39 is 0 Å². The number of amides is 1. The van der Waals surface area contributed by atoms with Crippen molar-refractivity contribution in [3.8, 4) is 5.75 Å². The van der Waals surface area contributed by atoms with Gasteiger partial charge in [0.05, 0.1) is 12.3 Å². The van der Waals surface area contributed by atoms with Crippen molar-refractivity contribution >= 4 is 11.6 Å². The van der Waals surface area contributed by atoms with Gasteiger partial charge in [0.2, 0.25) is 5.56 Å². The minimum atomic E-state index is -0.377. The van der Waals surface area contributed by atoms with Crippen molar-refractivity contribution in [1.82, 2.24) is 4.98 Å². The Morgan fingerprint density at radius 3 is 2.81 bits per heavy atom. The van der Waals surface area contributed by atoms with Gasteiger partial charge >= 0.3 is 0 Å². The highest BCUT2D eigenvalue weighted by Crippen LogP contribution is 2.26. The highest BCUT2D eigenvalue weighted by Gasteiger charge is 2.11. The summed E-state index contributed by atoms with van der Waals surface area (Å²) in [5.41, 5.74) is 1.54. The second-order valence-corrected chi connectivity index (χ2v) is 4.73. The molecular weight excluding hydrogens is 268 g/mol. The average Bonchev–Trinajstić information content (AvgIpc) is 2.47. The third-order valence-electron chi connectivity index (χ3n) is 2.86. The SMILES string of the molecule is CCCOc1cc(C)ccc1NC(=O)c1cccc(=O)[nH]1. The van der Waals surface area contributed by atoms with Crippen LogP contribution in [0.1, 0.15) is 29.4 Å². The number of carbonyl (C=O) groups is 1. The summed E-state index contributed by atoms with van der Waals surface area (Å²) in [6.07, 6.45) is 0.882. The maximum absolute atomic E-state index is 12.1. The number of pyridine rings is 1. The van der Waals surface area contributed by atoms with Gasteiger partial charge in [0.1, 0.15) is 11.4 Å². The topological polar surface area (TPSA) is 71.2 Å². The molecule has 5 heteroatoms. The molecule has 2 aromatic rings. The number of hydrogen-bond donors (Lipinski definition) is 2. The number of ether oxygens (including phenoxy) is 1. The first-order valence-electron chi connectivity index (χ1n) is 6.84. The average molecular weight is 286 g/mol. The predicted octanol–water partition coefficient (Wildman–Crippen LogP) is 2.72. The molecule has 0 aliphatic carbocycles. The highest BCUT2D eigenvalue weighted by molar-refractivity contribution is 6.03.